The molecule has 2 unspecified atom stereocenters. The van der Waals surface area contributed by atoms with E-state index in [9.17, 15) is 9.59 Å². The molecule has 2 fully saturated rings. The Hall–Kier alpha value is -1.84. The first-order chi connectivity index (χ1) is 12.2. The van der Waals surface area contributed by atoms with Gasteiger partial charge in [-0.25, -0.2) is 0 Å². The van der Waals surface area contributed by atoms with E-state index in [2.05, 4.69) is 27.4 Å². The van der Waals surface area contributed by atoms with E-state index in [0.717, 1.165) is 25.7 Å². The molecule has 0 N–H and O–H groups in total. The fourth-order valence-electron chi connectivity index (χ4n) is 6.07. The Kier molecular flexibility index (Phi) is 3.77. The molecule has 0 saturated heterocycles. The van der Waals surface area contributed by atoms with Crippen LogP contribution in [0.2, 0.25) is 0 Å². The van der Waals surface area contributed by atoms with Crippen LogP contribution in [0.4, 0.5) is 0 Å². The highest BCUT2D eigenvalue weighted by molar-refractivity contribution is 6.21. The number of carbonyl (C=O) groups excluding carboxylic acids is 2. The van der Waals surface area contributed by atoms with Crippen LogP contribution < -0.4 is 0 Å². The molecule has 26 heavy (non-hydrogen) atoms. The molecule has 0 aromatic heterocycles. The summed E-state index contributed by atoms with van der Waals surface area (Å²) >= 11 is 0. The minimum Gasteiger partial charge on any atom is -0.493 e. The lowest BCUT2D eigenvalue weighted by molar-refractivity contribution is -0.128. The molecule has 5 atom stereocenters. The average Bonchev–Trinajstić information content (AvgIpc) is 2.75. The van der Waals surface area contributed by atoms with Gasteiger partial charge in [-0.05, 0) is 48.9 Å². The number of methoxy groups -OCH3 is 1. The summed E-state index contributed by atoms with van der Waals surface area (Å²) in [6.45, 7) is 11.3. The Morgan fingerprint density at radius 3 is 2.69 bits per heavy atom. The molecule has 0 bridgehead atoms. The van der Waals surface area contributed by atoms with Crippen molar-refractivity contribution in [2.24, 2.45) is 22.7 Å². The van der Waals surface area contributed by atoms with E-state index < -0.39 is 0 Å². The molecule has 0 radical (unpaired) electrons. The van der Waals surface area contributed by atoms with Gasteiger partial charge in [0.25, 0.3) is 0 Å². The molecular formula is C22H28O4. The Morgan fingerprint density at radius 1 is 1.27 bits per heavy atom. The molecule has 0 amide bonds. The van der Waals surface area contributed by atoms with Crippen molar-refractivity contribution >= 4 is 11.6 Å². The Labute approximate surface area is 155 Å². The topological polar surface area (TPSA) is 52.6 Å². The first-order valence-electron chi connectivity index (χ1n) is 9.65. The number of hydrogen-bond acceptors (Lipinski definition) is 4. The summed E-state index contributed by atoms with van der Waals surface area (Å²) in [4.78, 5) is 25.6. The highest BCUT2D eigenvalue weighted by Crippen LogP contribution is 2.65. The van der Waals surface area contributed by atoms with Crippen LogP contribution in [-0.2, 0) is 19.1 Å². The van der Waals surface area contributed by atoms with Crippen LogP contribution in [0.5, 0.6) is 0 Å². The van der Waals surface area contributed by atoms with Crippen LogP contribution in [0.15, 0.2) is 35.3 Å². The highest BCUT2D eigenvalue weighted by atomic mass is 16.5. The minimum absolute atomic E-state index is 0.00238. The van der Waals surface area contributed by atoms with Crippen LogP contribution in [0.25, 0.3) is 0 Å². The Bertz CT molecular complexity index is 773. The van der Waals surface area contributed by atoms with Gasteiger partial charge in [-0.2, -0.15) is 0 Å². The van der Waals surface area contributed by atoms with Crippen molar-refractivity contribution in [3.05, 3.63) is 35.3 Å². The van der Waals surface area contributed by atoms with Gasteiger partial charge in [-0.3, -0.25) is 9.59 Å². The predicted octanol–water partition coefficient (Wildman–Crippen LogP) is 4.12. The number of Topliss-reactive ketones (excluding diaryl/α,β-unsaturated/α-hetero) is 1. The average molecular weight is 356 g/mol. The van der Waals surface area contributed by atoms with E-state index in [1.807, 2.05) is 0 Å². The Balaban J connectivity index is 1.86. The van der Waals surface area contributed by atoms with Gasteiger partial charge in [0.1, 0.15) is 6.10 Å². The molecule has 4 heteroatoms. The van der Waals surface area contributed by atoms with Gasteiger partial charge >= 0.3 is 0 Å². The summed E-state index contributed by atoms with van der Waals surface area (Å²) in [5.74, 6) is 0.666. The van der Waals surface area contributed by atoms with Crippen LogP contribution in [0, 0.1) is 22.7 Å². The van der Waals surface area contributed by atoms with Crippen molar-refractivity contribution in [3.8, 4) is 0 Å². The largest absolute Gasteiger partial charge is 0.493 e. The van der Waals surface area contributed by atoms with Crippen molar-refractivity contribution < 1.29 is 19.1 Å². The first-order valence-corrected chi connectivity index (χ1v) is 9.65. The molecule has 0 spiro atoms. The van der Waals surface area contributed by atoms with E-state index in [1.54, 1.807) is 0 Å². The lowest BCUT2D eigenvalue weighted by Gasteiger charge is -2.59. The van der Waals surface area contributed by atoms with Gasteiger partial charge in [0.15, 0.2) is 11.5 Å². The number of ketones is 2. The van der Waals surface area contributed by atoms with Crippen LogP contribution >= 0.6 is 0 Å². The third-order valence-corrected chi connectivity index (χ3v) is 7.83. The van der Waals surface area contributed by atoms with E-state index in [1.165, 1.54) is 18.8 Å². The molecular weight excluding hydrogens is 328 g/mol. The van der Waals surface area contributed by atoms with Crippen molar-refractivity contribution in [3.63, 3.8) is 0 Å². The summed E-state index contributed by atoms with van der Waals surface area (Å²) in [7, 11) is 1.44. The third kappa shape index (κ3) is 2.14. The number of ether oxygens (including phenoxy) is 2. The molecule has 1 aliphatic heterocycles. The summed E-state index contributed by atoms with van der Waals surface area (Å²) in [5, 5.41) is 0. The number of hydrogen-bond donors (Lipinski definition) is 0. The normalized spacial score (nSPS) is 42.4. The van der Waals surface area contributed by atoms with Crippen molar-refractivity contribution in [1.29, 1.82) is 0 Å². The van der Waals surface area contributed by atoms with Crippen molar-refractivity contribution in [2.75, 3.05) is 7.11 Å². The fraction of sp³-hybridized carbons (Fsp3) is 0.636. The zero-order valence-electron chi connectivity index (χ0n) is 16.2. The van der Waals surface area contributed by atoms with Gasteiger partial charge in [0.2, 0.25) is 11.6 Å². The number of rotatable bonds is 1. The molecule has 4 rings (SSSR count). The van der Waals surface area contributed by atoms with E-state index in [4.69, 9.17) is 9.47 Å². The Morgan fingerprint density at radius 2 is 2.00 bits per heavy atom. The maximum Gasteiger partial charge on any atom is 0.227 e. The van der Waals surface area contributed by atoms with Gasteiger partial charge in [0, 0.05) is 12.0 Å². The van der Waals surface area contributed by atoms with E-state index in [-0.39, 0.29) is 45.9 Å². The molecule has 140 valence electrons. The lowest BCUT2D eigenvalue weighted by atomic mass is 9.45. The van der Waals surface area contributed by atoms with Gasteiger partial charge in [-0.1, -0.05) is 32.9 Å². The standard InChI is InChI=1S/C22H28O4/c1-12-6-7-16-20-21(12,3)9-8-13(2)22(20,4)11-14-18(24)17(25-5)10-15(23)19(14)26-16/h10,13,16,20H,1,6-9,11H2,2-5H3/t13-,16?,20?,21+,22+/m0/s1. The maximum absolute atomic E-state index is 12.9. The van der Waals surface area contributed by atoms with Crippen molar-refractivity contribution in [2.45, 2.75) is 59.0 Å². The molecule has 4 nitrogen and oxygen atoms in total. The molecule has 2 saturated carbocycles. The summed E-state index contributed by atoms with van der Waals surface area (Å²) < 4.78 is 11.5. The van der Waals surface area contributed by atoms with E-state index >= 15 is 0 Å². The number of allylic oxidation sites excluding steroid dienone is 3. The van der Waals surface area contributed by atoms with Gasteiger partial charge in [-0.15, -0.1) is 0 Å². The van der Waals surface area contributed by atoms with Crippen LogP contribution in [0.3, 0.4) is 0 Å². The second kappa shape index (κ2) is 5.58. The summed E-state index contributed by atoms with van der Waals surface area (Å²) in [5.41, 5.74) is 1.70. The summed E-state index contributed by atoms with van der Waals surface area (Å²) in [6, 6.07) is 0. The zero-order chi connectivity index (χ0) is 18.9. The second-order valence-electron chi connectivity index (χ2n) is 9.03. The predicted molar refractivity (Wildman–Crippen MR) is 98.1 cm³/mol. The molecule has 0 aromatic carbocycles. The van der Waals surface area contributed by atoms with Crippen LogP contribution in [-0.4, -0.2) is 24.8 Å². The number of carbonyl (C=O) groups is 2. The van der Waals surface area contributed by atoms with Crippen molar-refractivity contribution in [1.82, 2.24) is 0 Å². The van der Waals surface area contributed by atoms with Gasteiger partial charge < -0.3 is 9.47 Å². The van der Waals surface area contributed by atoms with Gasteiger partial charge in [0.05, 0.1) is 12.7 Å². The molecule has 0 aromatic rings. The SMILES string of the molecule is C=C1CCC2OC3=C(C[C@@]4(C)C2[C@]1(C)CC[C@@H]4C)C(=O)C(OC)=CC3=O. The molecule has 4 aliphatic rings. The fourth-order valence-corrected chi connectivity index (χ4v) is 6.07. The lowest BCUT2D eigenvalue weighted by Crippen LogP contribution is -2.55. The monoisotopic (exact) mass is 356 g/mol. The third-order valence-electron chi connectivity index (χ3n) is 7.83. The molecule has 1 heterocycles. The zero-order valence-corrected chi connectivity index (χ0v) is 16.2. The highest BCUT2D eigenvalue weighted by Gasteiger charge is 2.60. The molecule has 3 aliphatic carbocycles. The first kappa shape index (κ1) is 17.6. The minimum atomic E-state index is -0.238. The second-order valence-corrected chi connectivity index (χ2v) is 9.03. The smallest absolute Gasteiger partial charge is 0.227 e. The van der Waals surface area contributed by atoms with Crippen LogP contribution in [0.1, 0.15) is 52.9 Å². The quantitative estimate of drug-likeness (QED) is 0.524. The maximum atomic E-state index is 12.9. The summed E-state index contributed by atoms with van der Waals surface area (Å²) in [6.07, 6.45) is 5.79. The van der Waals surface area contributed by atoms with E-state index in [0.29, 0.717) is 17.9 Å².